The fraction of sp³-hybridized carbons (Fsp3) is 0.833. The summed E-state index contributed by atoms with van der Waals surface area (Å²) in [5.41, 5.74) is 0. The van der Waals surface area contributed by atoms with Gasteiger partial charge in [0.1, 0.15) is 6.61 Å². The quantitative estimate of drug-likeness (QED) is 0.186. The van der Waals surface area contributed by atoms with Crippen LogP contribution in [0.25, 0.3) is 0 Å². The summed E-state index contributed by atoms with van der Waals surface area (Å²) in [7, 11) is 0. The summed E-state index contributed by atoms with van der Waals surface area (Å²) in [6.45, 7) is 11.2. The molecule has 0 aliphatic heterocycles. The number of rotatable bonds is 20. The van der Waals surface area contributed by atoms with Gasteiger partial charge in [0.2, 0.25) is 0 Å². The van der Waals surface area contributed by atoms with Crippen molar-refractivity contribution < 1.29 is 33.2 Å². The largest absolute Gasteiger partial charge is 0.460 e. The average molecular weight is 362 g/mol. The van der Waals surface area contributed by atoms with E-state index in [9.17, 15) is 4.79 Å². The number of hydrogen-bond acceptors (Lipinski definition) is 7. The fourth-order valence-corrected chi connectivity index (χ4v) is 1.70. The van der Waals surface area contributed by atoms with E-state index in [1.807, 2.05) is 0 Å². The predicted octanol–water partition coefficient (Wildman–Crippen LogP) is 1.99. The minimum Gasteiger partial charge on any atom is -0.460 e. The highest BCUT2D eigenvalue weighted by Crippen LogP contribution is 1.93. The molecule has 7 heteroatoms. The topological polar surface area (TPSA) is 72.5 Å². The second-order valence-corrected chi connectivity index (χ2v) is 5.14. The normalized spacial score (nSPS) is 10.8. The molecular formula is C18H34O7. The third kappa shape index (κ3) is 21.0. The number of hydrogen-bond donors (Lipinski definition) is 0. The van der Waals surface area contributed by atoms with Crippen LogP contribution in [0.15, 0.2) is 12.7 Å². The highest BCUT2D eigenvalue weighted by atomic mass is 16.6. The molecule has 0 heterocycles. The Morgan fingerprint density at radius 2 is 1.08 bits per heavy atom. The van der Waals surface area contributed by atoms with Gasteiger partial charge in [-0.25, -0.2) is 4.79 Å². The Balaban J connectivity index is 3.00. The monoisotopic (exact) mass is 362 g/mol. The zero-order chi connectivity index (χ0) is 18.4. The van der Waals surface area contributed by atoms with Gasteiger partial charge in [0, 0.05) is 12.7 Å². The van der Waals surface area contributed by atoms with E-state index in [0.29, 0.717) is 59.5 Å². The molecule has 0 atom stereocenters. The lowest BCUT2D eigenvalue weighted by Crippen LogP contribution is -2.14. The Bertz CT molecular complexity index is 297. The number of esters is 1. The number of carbonyl (C=O) groups is 1. The highest BCUT2D eigenvalue weighted by Gasteiger charge is 1.96. The van der Waals surface area contributed by atoms with Crippen molar-refractivity contribution in [3.63, 3.8) is 0 Å². The van der Waals surface area contributed by atoms with Gasteiger partial charge in [0.25, 0.3) is 0 Å². The molecule has 0 bridgehead atoms. The highest BCUT2D eigenvalue weighted by molar-refractivity contribution is 5.81. The molecule has 0 aliphatic rings. The van der Waals surface area contributed by atoms with Crippen molar-refractivity contribution in [2.75, 3.05) is 72.7 Å². The van der Waals surface area contributed by atoms with Crippen LogP contribution >= 0.6 is 0 Å². The van der Waals surface area contributed by atoms with Crippen molar-refractivity contribution in [1.29, 1.82) is 0 Å². The van der Waals surface area contributed by atoms with Gasteiger partial charge in [0.15, 0.2) is 0 Å². The minimum atomic E-state index is -0.444. The van der Waals surface area contributed by atoms with Crippen LogP contribution in [0.1, 0.15) is 26.2 Å². The van der Waals surface area contributed by atoms with Crippen LogP contribution in [-0.4, -0.2) is 78.6 Å². The molecule has 0 spiro atoms. The van der Waals surface area contributed by atoms with Gasteiger partial charge < -0.3 is 28.4 Å². The summed E-state index contributed by atoms with van der Waals surface area (Å²) >= 11 is 0. The molecule has 7 nitrogen and oxygen atoms in total. The summed E-state index contributed by atoms with van der Waals surface area (Å²) in [4.78, 5) is 10.7. The van der Waals surface area contributed by atoms with Crippen molar-refractivity contribution in [2.24, 2.45) is 0 Å². The van der Waals surface area contributed by atoms with E-state index < -0.39 is 5.97 Å². The van der Waals surface area contributed by atoms with Crippen molar-refractivity contribution in [2.45, 2.75) is 26.2 Å². The Morgan fingerprint density at radius 1 is 0.680 bits per heavy atom. The van der Waals surface area contributed by atoms with Crippen LogP contribution in [0.5, 0.6) is 0 Å². The van der Waals surface area contributed by atoms with E-state index in [1.54, 1.807) is 0 Å². The van der Waals surface area contributed by atoms with E-state index in [-0.39, 0.29) is 6.61 Å². The molecule has 0 fully saturated rings. The molecule has 0 aromatic heterocycles. The van der Waals surface area contributed by atoms with Crippen LogP contribution in [0.4, 0.5) is 0 Å². The maximum atomic E-state index is 10.7. The molecule has 0 saturated heterocycles. The van der Waals surface area contributed by atoms with Crippen LogP contribution < -0.4 is 0 Å². The molecule has 0 unspecified atom stereocenters. The van der Waals surface area contributed by atoms with Gasteiger partial charge in [-0.05, 0) is 6.42 Å². The van der Waals surface area contributed by atoms with Crippen LogP contribution in [0.3, 0.4) is 0 Å². The van der Waals surface area contributed by atoms with Gasteiger partial charge in [-0.3, -0.25) is 0 Å². The third-order valence-electron chi connectivity index (χ3n) is 3.02. The molecule has 148 valence electrons. The Labute approximate surface area is 151 Å². The summed E-state index contributed by atoms with van der Waals surface area (Å²) in [5, 5.41) is 0. The maximum absolute atomic E-state index is 10.7. The molecule has 25 heavy (non-hydrogen) atoms. The van der Waals surface area contributed by atoms with Crippen LogP contribution in [0, 0.1) is 0 Å². The first kappa shape index (κ1) is 24.0. The second kappa shape index (κ2) is 21.1. The SMILES string of the molecule is C=CC(=O)OCCOCCOCCOCCOCCOCCCCC. The number of ether oxygens (including phenoxy) is 6. The lowest BCUT2D eigenvalue weighted by molar-refractivity contribution is -0.139. The Hall–Kier alpha value is -0.990. The molecule has 0 aromatic rings. The smallest absolute Gasteiger partial charge is 0.330 e. The van der Waals surface area contributed by atoms with E-state index in [2.05, 4.69) is 13.5 Å². The zero-order valence-electron chi connectivity index (χ0n) is 15.5. The molecule has 0 aliphatic carbocycles. The van der Waals surface area contributed by atoms with E-state index in [4.69, 9.17) is 28.4 Å². The van der Waals surface area contributed by atoms with Gasteiger partial charge in [-0.15, -0.1) is 0 Å². The first-order valence-corrected chi connectivity index (χ1v) is 8.99. The predicted molar refractivity (Wildman–Crippen MR) is 94.8 cm³/mol. The lowest BCUT2D eigenvalue weighted by atomic mass is 10.3. The zero-order valence-corrected chi connectivity index (χ0v) is 15.5. The summed E-state index contributed by atoms with van der Waals surface area (Å²) in [6, 6.07) is 0. The number of carbonyl (C=O) groups excluding carboxylic acids is 1. The number of unbranched alkanes of at least 4 members (excludes halogenated alkanes) is 2. The van der Waals surface area contributed by atoms with Gasteiger partial charge in [0.05, 0.1) is 59.5 Å². The Kier molecular flexibility index (Phi) is 20.2. The summed E-state index contributed by atoms with van der Waals surface area (Å²) < 4.78 is 31.5. The lowest BCUT2D eigenvalue weighted by Gasteiger charge is -2.08. The van der Waals surface area contributed by atoms with Crippen molar-refractivity contribution in [1.82, 2.24) is 0 Å². The Morgan fingerprint density at radius 3 is 1.48 bits per heavy atom. The average Bonchev–Trinajstić information content (AvgIpc) is 2.63. The van der Waals surface area contributed by atoms with Gasteiger partial charge in [-0.1, -0.05) is 26.3 Å². The standard InChI is InChI=1S/C18H34O7/c1-3-5-6-7-20-8-9-21-10-11-22-12-13-23-14-15-24-16-17-25-18(19)4-2/h4H,2-3,5-17H2,1H3. The first-order valence-electron chi connectivity index (χ1n) is 8.99. The van der Waals surface area contributed by atoms with Crippen molar-refractivity contribution in [3.05, 3.63) is 12.7 Å². The molecule has 0 radical (unpaired) electrons. The third-order valence-corrected chi connectivity index (χ3v) is 3.02. The van der Waals surface area contributed by atoms with Gasteiger partial charge >= 0.3 is 5.97 Å². The van der Waals surface area contributed by atoms with E-state index in [1.165, 1.54) is 12.8 Å². The molecule has 0 rings (SSSR count). The molecule has 0 amide bonds. The summed E-state index contributed by atoms with van der Waals surface area (Å²) in [6.07, 6.45) is 4.67. The van der Waals surface area contributed by atoms with E-state index in [0.717, 1.165) is 19.1 Å². The van der Waals surface area contributed by atoms with Crippen LogP contribution in [0.2, 0.25) is 0 Å². The minimum absolute atomic E-state index is 0.220. The van der Waals surface area contributed by atoms with Crippen molar-refractivity contribution in [3.8, 4) is 0 Å². The molecule has 0 aromatic carbocycles. The second-order valence-electron chi connectivity index (χ2n) is 5.14. The van der Waals surface area contributed by atoms with Crippen LogP contribution in [-0.2, 0) is 33.2 Å². The van der Waals surface area contributed by atoms with Gasteiger partial charge in [-0.2, -0.15) is 0 Å². The van der Waals surface area contributed by atoms with E-state index >= 15 is 0 Å². The molecule has 0 saturated carbocycles. The summed E-state index contributed by atoms with van der Waals surface area (Å²) in [5.74, 6) is -0.444. The van der Waals surface area contributed by atoms with Crippen molar-refractivity contribution >= 4 is 5.97 Å². The molecule has 0 N–H and O–H groups in total. The molecular weight excluding hydrogens is 328 g/mol. The maximum Gasteiger partial charge on any atom is 0.330 e. The fourth-order valence-electron chi connectivity index (χ4n) is 1.70. The first-order chi connectivity index (χ1) is 12.3.